The van der Waals surface area contributed by atoms with Crippen LogP contribution in [-0.2, 0) is 16.6 Å². The van der Waals surface area contributed by atoms with Crippen molar-refractivity contribution < 1.29 is 13.5 Å². The maximum atomic E-state index is 12.5. The number of H-pyrrole nitrogens is 1. The Morgan fingerprint density at radius 1 is 1.56 bits per heavy atom. The van der Waals surface area contributed by atoms with Gasteiger partial charge in [-0.1, -0.05) is 6.08 Å². The van der Waals surface area contributed by atoms with Gasteiger partial charge in [-0.2, -0.15) is 9.40 Å². The van der Waals surface area contributed by atoms with Crippen LogP contribution < -0.4 is 0 Å². The molecule has 1 rings (SSSR count). The molecule has 0 aliphatic carbocycles. The number of sulfonamides is 1. The number of aromatic amines is 1. The molecule has 0 saturated carbocycles. The Bertz CT molecular complexity index is 514. The minimum absolute atomic E-state index is 0.0678. The van der Waals surface area contributed by atoms with Gasteiger partial charge in [-0.05, 0) is 20.8 Å². The summed E-state index contributed by atoms with van der Waals surface area (Å²) in [6.07, 6.45) is 2.83. The van der Waals surface area contributed by atoms with Crippen LogP contribution in [0.1, 0.15) is 26.3 Å². The average molecular weight is 273 g/mol. The molecule has 0 aromatic carbocycles. The van der Waals surface area contributed by atoms with Crippen LogP contribution in [0.3, 0.4) is 0 Å². The van der Waals surface area contributed by atoms with Gasteiger partial charge in [0.15, 0.2) is 5.03 Å². The zero-order valence-electron chi connectivity index (χ0n) is 10.8. The first-order chi connectivity index (χ1) is 8.25. The SMILES string of the molecule is C=CCN(C(C)(C)C)S(=O)(=O)c1[nH]ncc1CO. The Labute approximate surface area is 107 Å². The van der Waals surface area contributed by atoms with Gasteiger partial charge in [-0.3, -0.25) is 5.10 Å². The highest BCUT2D eigenvalue weighted by atomic mass is 32.2. The van der Waals surface area contributed by atoms with E-state index in [9.17, 15) is 8.42 Å². The number of aliphatic hydroxyl groups is 1. The summed E-state index contributed by atoms with van der Waals surface area (Å²) >= 11 is 0. The topological polar surface area (TPSA) is 86.3 Å². The van der Waals surface area contributed by atoms with Crippen molar-refractivity contribution in [2.24, 2.45) is 0 Å². The van der Waals surface area contributed by atoms with Crippen LogP contribution in [0.5, 0.6) is 0 Å². The molecule has 0 saturated heterocycles. The fourth-order valence-corrected chi connectivity index (χ4v) is 3.45. The Morgan fingerprint density at radius 3 is 2.61 bits per heavy atom. The molecule has 18 heavy (non-hydrogen) atoms. The molecule has 1 aromatic rings. The van der Waals surface area contributed by atoms with E-state index in [4.69, 9.17) is 5.11 Å². The standard InChI is InChI=1S/C11H19N3O3S/c1-5-6-14(11(2,3)4)18(16,17)10-9(8-15)7-12-13-10/h5,7,15H,1,6,8H2,2-4H3,(H,12,13). The molecule has 0 amide bonds. The normalized spacial score (nSPS) is 12.9. The Balaban J connectivity index is 3.30. The third-order valence-electron chi connectivity index (χ3n) is 2.44. The summed E-state index contributed by atoms with van der Waals surface area (Å²) in [6, 6.07) is 0. The number of nitrogens with zero attached hydrogens (tertiary/aromatic N) is 2. The van der Waals surface area contributed by atoms with Gasteiger partial charge in [0.2, 0.25) is 0 Å². The largest absolute Gasteiger partial charge is 0.392 e. The minimum Gasteiger partial charge on any atom is -0.392 e. The monoisotopic (exact) mass is 273 g/mol. The lowest BCUT2D eigenvalue weighted by Crippen LogP contribution is -2.45. The third kappa shape index (κ3) is 2.80. The first kappa shape index (κ1) is 14.9. The predicted octanol–water partition coefficient (Wildman–Crippen LogP) is 0.877. The number of aromatic nitrogens is 2. The molecular weight excluding hydrogens is 254 g/mol. The predicted molar refractivity (Wildman–Crippen MR) is 68.4 cm³/mol. The average Bonchev–Trinajstić information content (AvgIpc) is 2.72. The van der Waals surface area contributed by atoms with Gasteiger partial charge in [0.1, 0.15) is 0 Å². The van der Waals surface area contributed by atoms with E-state index in [1.165, 1.54) is 16.6 Å². The molecule has 0 aliphatic heterocycles. The number of rotatable bonds is 5. The molecule has 1 aromatic heterocycles. The highest BCUT2D eigenvalue weighted by Crippen LogP contribution is 2.25. The van der Waals surface area contributed by atoms with Crippen molar-refractivity contribution in [2.45, 2.75) is 37.9 Å². The lowest BCUT2D eigenvalue weighted by atomic mass is 10.1. The van der Waals surface area contributed by atoms with E-state index in [0.717, 1.165) is 0 Å². The van der Waals surface area contributed by atoms with Crippen LogP contribution in [0.25, 0.3) is 0 Å². The van der Waals surface area contributed by atoms with Gasteiger partial charge in [-0.15, -0.1) is 6.58 Å². The second kappa shape index (κ2) is 5.21. The second-order valence-corrected chi connectivity index (χ2v) is 6.68. The molecule has 102 valence electrons. The van der Waals surface area contributed by atoms with Crippen LogP contribution in [0, 0.1) is 0 Å². The van der Waals surface area contributed by atoms with Crippen LogP contribution in [-0.4, -0.2) is 40.1 Å². The van der Waals surface area contributed by atoms with Crippen LogP contribution >= 0.6 is 0 Å². The van der Waals surface area contributed by atoms with Gasteiger partial charge in [0.25, 0.3) is 10.0 Å². The molecule has 6 nitrogen and oxygen atoms in total. The maximum Gasteiger partial charge on any atom is 0.261 e. The van der Waals surface area contributed by atoms with Crippen LogP contribution in [0.4, 0.5) is 0 Å². The van der Waals surface area contributed by atoms with E-state index in [2.05, 4.69) is 16.8 Å². The Hall–Kier alpha value is -1.18. The molecule has 0 fully saturated rings. The summed E-state index contributed by atoms with van der Waals surface area (Å²) in [7, 11) is -3.74. The smallest absolute Gasteiger partial charge is 0.261 e. The fraction of sp³-hybridized carbons (Fsp3) is 0.545. The van der Waals surface area contributed by atoms with Crippen molar-refractivity contribution in [3.8, 4) is 0 Å². The van der Waals surface area contributed by atoms with E-state index in [1.54, 1.807) is 20.8 Å². The van der Waals surface area contributed by atoms with E-state index >= 15 is 0 Å². The lowest BCUT2D eigenvalue weighted by molar-refractivity contribution is 0.263. The van der Waals surface area contributed by atoms with Gasteiger partial charge < -0.3 is 5.11 Å². The van der Waals surface area contributed by atoms with Crippen molar-refractivity contribution in [2.75, 3.05) is 6.54 Å². The summed E-state index contributed by atoms with van der Waals surface area (Å²) in [4.78, 5) is 0. The van der Waals surface area contributed by atoms with Crippen molar-refractivity contribution in [1.29, 1.82) is 0 Å². The summed E-state index contributed by atoms with van der Waals surface area (Å²) in [5.74, 6) is 0. The first-order valence-electron chi connectivity index (χ1n) is 5.52. The van der Waals surface area contributed by atoms with Crippen molar-refractivity contribution >= 4 is 10.0 Å². The van der Waals surface area contributed by atoms with Gasteiger partial charge in [0.05, 0.1) is 12.8 Å². The quantitative estimate of drug-likeness (QED) is 0.780. The van der Waals surface area contributed by atoms with E-state index in [0.29, 0.717) is 0 Å². The van der Waals surface area contributed by atoms with Crippen molar-refractivity contribution in [1.82, 2.24) is 14.5 Å². The number of aliphatic hydroxyl groups excluding tert-OH is 1. The molecule has 2 N–H and O–H groups in total. The third-order valence-corrected chi connectivity index (χ3v) is 4.59. The van der Waals surface area contributed by atoms with Gasteiger partial charge >= 0.3 is 0 Å². The molecule has 7 heteroatoms. The fourth-order valence-electron chi connectivity index (χ4n) is 1.60. The molecule has 0 spiro atoms. The summed E-state index contributed by atoms with van der Waals surface area (Å²) in [6.45, 7) is 8.77. The van der Waals surface area contributed by atoms with Gasteiger partial charge in [0, 0.05) is 17.6 Å². The highest BCUT2D eigenvalue weighted by Gasteiger charge is 2.35. The lowest BCUT2D eigenvalue weighted by Gasteiger charge is -2.33. The van der Waals surface area contributed by atoms with E-state index in [-0.39, 0.29) is 23.7 Å². The van der Waals surface area contributed by atoms with Gasteiger partial charge in [-0.25, -0.2) is 8.42 Å². The van der Waals surface area contributed by atoms with E-state index < -0.39 is 15.6 Å². The molecule has 0 aliphatic rings. The molecule has 0 bridgehead atoms. The Morgan fingerprint density at radius 2 is 2.17 bits per heavy atom. The zero-order valence-corrected chi connectivity index (χ0v) is 11.7. The molecule has 1 heterocycles. The molecule has 0 unspecified atom stereocenters. The molecule has 0 atom stereocenters. The summed E-state index contributed by atoms with van der Waals surface area (Å²) in [5, 5.41) is 15.2. The summed E-state index contributed by atoms with van der Waals surface area (Å²) < 4.78 is 26.3. The van der Waals surface area contributed by atoms with Crippen molar-refractivity contribution in [3.63, 3.8) is 0 Å². The Kier molecular flexibility index (Phi) is 4.31. The van der Waals surface area contributed by atoms with Crippen LogP contribution in [0.2, 0.25) is 0 Å². The molecular formula is C11H19N3O3S. The second-order valence-electron chi connectivity index (χ2n) is 4.88. The number of hydrogen-bond acceptors (Lipinski definition) is 4. The maximum absolute atomic E-state index is 12.5. The van der Waals surface area contributed by atoms with E-state index in [1.807, 2.05) is 0 Å². The minimum atomic E-state index is -3.74. The van der Waals surface area contributed by atoms with Crippen LogP contribution in [0.15, 0.2) is 23.9 Å². The number of nitrogens with one attached hydrogen (secondary N) is 1. The summed E-state index contributed by atoms with van der Waals surface area (Å²) in [5.41, 5.74) is -0.335. The first-order valence-corrected chi connectivity index (χ1v) is 6.96. The highest BCUT2D eigenvalue weighted by molar-refractivity contribution is 7.89. The molecule has 0 radical (unpaired) electrons. The number of hydrogen-bond donors (Lipinski definition) is 2. The van der Waals surface area contributed by atoms with Crippen molar-refractivity contribution in [3.05, 3.63) is 24.4 Å². The zero-order chi connectivity index (χ0) is 14.0.